The summed E-state index contributed by atoms with van der Waals surface area (Å²) in [6.07, 6.45) is 0. The molecule has 2 aliphatic heterocycles. The predicted octanol–water partition coefficient (Wildman–Crippen LogP) is 6.55. The SMILES string of the molecule is CN1C(=O)C2(c3cc(F)ccc31)c1ccc3ccccc3c1Oc1c2ccc2ccccc12. The number of fused-ring (bicyclic) bond motifs is 10. The molecule has 0 aliphatic carbocycles. The van der Waals surface area contributed by atoms with Crippen molar-refractivity contribution in [3.05, 3.63) is 114 Å². The number of likely N-dealkylation sites (N-methyl/N-ethyl adjacent to an activating group) is 1. The van der Waals surface area contributed by atoms with Crippen LogP contribution in [0.15, 0.2) is 91.0 Å². The molecule has 0 aromatic heterocycles. The Labute approximate surface area is 189 Å². The highest BCUT2D eigenvalue weighted by atomic mass is 19.1. The molecule has 5 aromatic rings. The van der Waals surface area contributed by atoms with E-state index in [1.54, 1.807) is 18.0 Å². The van der Waals surface area contributed by atoms with Gasteiger partial charge in [0.05, 0.1) is 0 Å². The maximum atomic E-state index is 14.7. The normalized spacial score (nSPS) is 15.5. The van der Waals surface area contributed by atoms with E-state index < -0.39 is 5.41 Å². The van der Waals surface area contributed by atoms with Crippen LogP contribution in [0, 0.1) is 5.82 Å². The third kappa shape index (κ3) is 2.15. The van der Waals surface area contributed by atoms with Gasteiger partial charge in [0.1, 0.15) is 22.7 Å². The fraction of sp³-hybridized carbons (Fsp3) is 0.0690. The molecule has 2 heterocycles. The monoisotopic (exact) mass is 431 g/mol. The minimum atomic E-state index is -1.19. The quantitative estimate of drug-likeness (QED) is 0.278. The van der Waals surface area contributed by atoms with Crippen molar-refractivity contribution in [2.45, 2.75) is 5.41 Å². The van der Waals surface area contributed by atoms with E-state index in [1.165, 1.54) is 12.1 Å². The molecule has 0 unspecified atom stereocenters. The largest absolute Gasteiger partial charge is 0.455 e. The molecule has 0 saturated carbocycles. The van der Waals surface area contributed by atoms with Crippen LogP contribution in [-0.4, -0.2) is 13.0 Å². The van der Waals surface area contributed by atoms with Crippen molar-refractivity contribution in [2.75, 3.05) is 11.9 Å². The summed E-state index contributed by atoms with van der Waals surface area (Å²) in [5.41, 5.74) is 1.65. The van der Waals surface area contributed by atoms with Gasteiger partial charge < -0.3 is 9.64 Å². The molecule has 4 heteroatoms. The number of carbonyl (C=O) groups is 1. The zero-order valence-electron chi connectivity index (χ0n) is 17.8. The molecule has 7 rings (SSSR count). The first kappa shape index (κ1) is 18.4. The molecule has 2 aliphatic rings. The topological polar surface area (TPSA) is 29.5 Å². The smallest absolute Gasteiger partial charge is 0.246 e. The molecule has 0 radical (unpaired) electrons. The van der Waals surface area contributed by atoms with Gasteiger partial charge in [0, 0.05) is 40.2 Å². The molecule has 0 bridgehead atoms. The lowest BCUT2D eigenvalue weighted by Gasteiger charge is -2.37. The van der Waals surface area contributed by atoms with Crippen molar-refractivity contribution in [1.82, 2.24) is 0 Å². The van der Waals surface area contributed by atoms with Crippen molar-refractivity contribution in [3.63, 3.8) is 0 Å². The van der Waals surface area contributed by atoms with Crippen molar-refractivity contribution in [1.29, 1.82) is 0 Å². The van der Waals surface area contributed by atoms with Gasteiger partial charge in [0.2, 0.25) is 5.91 Å². The van der Waals surface area contributed by atoms with Crippen molar-refractivity contribution in [3.8, 4) is 11.5 Å². The summed E-state index contributed by atoms with van der Waals surface area (Å²) in [5.74, 6) is 0.818. The van der Waals surface area contributed by atoms with Gasteiger partial charge in [-0.05, 0) is 29.0 Å². The van der Waals surface area contributed by atoms with E-state index in [0.29, 0.717) is 22.7 Å². The molecule has 33 heavy (non-hydrogen) atoms. The maximum Gasteiger partial charge on any atom is 0.246 e. The lowest BCUT2D eigenvalue weighted by molar-refractivity contribution is -0.120. The van der Waals surface area contributed by atoms with Crippen LogP contribution in [0.5, 0.6) is 11.5 Å². The summed E-state index contributed by atoms with van der Waals surface area (Å²) < 4.78 is 21.3. The van der Waals surface area contributed by atoms with Crippen molar-refractivity contribution < 1.29 is 13.9 Å². The number of hydrogen-bond donors (Lipinski definition) is 0. The minimum Gasteiger partial charge on any atom is -0.455 e. The average molecular weight is 431 g/mol. The Balaban J connectivity index is 1.71. The lowest BCUT2D eigenvalue weighted by atomic mass is 9.67. The number of ether oxygens (including phenoxy) is 1. The van der Waals surface area contributed by atoms with Crippen LogP contribution < -0.4 is 9.64 Å². The van der Waals surface area contributed by atoms with Gasteiger partial charge >= 0.3 is 0 Å². The van der Waals surface area contributed by atoms with Gasteiger partial charge in [-0.3, -0.25) is 4.79 Å². The highest BCUT2D eigenvalue weighted by Crippen LogP contribution is 2.60. The summed E-state index contributed by atoms with van der Waals surface area (Å²) in [7, 11) is 1.75. The Bertz CT molecular complexity index is 1570. The van der Waals surface area contributed by atoms with E-state index in [2.05, 4.69) is 0 Å². The predicted molar refractivity (Wildman–Crippen MR) is 128 cm³/mol. The summed E-state index contributed by atoms with van der Waals surface area (Å²) in [4.78, 5) is 15.8. The summed E-state index contributed by atoms with van der Waals surface area (Å²) >= 11 is 0. The number of nitrogens with zero attached hydrogens (tertiary/aromatic N) is 1. The van der Waals surface area contributed by atoms with Gasteiger partial charge in [-0.15, -0.1) is 0 Å². The van der Waals surface area contributed by atoms with Crippen LogP contribution in [0.4, 0.5) is 10.1 Å². The minimum absolute atomic E-state index is 0.112. The Morgan fingerprint density at radius 1 is 0.727 bits per heavy atom. The number of carbonyl (C=O) groups excluding carboxylic acids is 1. The third-order valence-electron chi connectivity index (χ3n) is 7.12. The lowest BCUT2D eigenvalue weighted by Crippen LogP contribution is -2.42. The zero-order chi connectivity index (χ0) is 22.3. The van der Waals surface area contributed by atoms with Gasteiger partial charge in [0.25, 0.3) is 0 Å². The van der Waals surface area contributed by atoms with E-state index in [-0.39, 0.29) is 11.7 Å². The number of halogens is 1. The molecule has 0 saturated heterocycles. The maximum absolute atomic E-state index is 14.7. The first-order valence-electron chi connectivity index (χ1n) is 10.9. The van der Waals surface area contributed by atoms with Crippen LogP contribution in [0.1, 0.15) is 16.7 Å². The molecule has 0 atom stereocenters. The highest BCUT2D eigenvalue weighted by molar-refractivity contribution is 6.15. The summed E-state index contributed by atoms with van der Waals surface area (Å²) in [5, 5.41) is 3.89. The molecule has 1 amide bonds. The Morgan fingerprint density at radius 2 is 1.30 bits per heavy atom. The van der Waals surface area contributed by atoms with E-state index in [4.69, 9.17) is 4.74 Å². The number of rotatable bonds is 0. The molecule has 1 spiro atoms. The third-order valence-corrected chi connectivity index (χ3v) is 7.12. The first-order chi connectivity index (χ1) is 16.1. The fourth-order valence-electron chi connectivity index (χ4n) is 5.64. The van der Waals surface area contributed by atoms with Crippen molar-refractivity contribution in [2.24, 2.45) is 0 Å². The molecular weight excluding hydrogens is 413 g/mol. The van der Waals surface area contributed by atoms with Gasteiger partial charge in [-0.1, -0.05) is 72.8 Å². The molecular formula is C29H18FNO2. The van der Waals surface area contributed by atoms with Crippen LogP contribution in [-0.2, 0) is 10.2 Å². The second-order valence-electron chi connectivity index (χ2n) is 8.70. The second-order valence-corrected chi connectivity index (χ2v) is 8.70. The van der Waals surface area contributed by atoms with E-state index in [1.807, 2.05) is 72.8 Å². The number of anilines is 1. The first-order valence-corrected chi connectivity index (χ1v) is 10.9. The Hall–Kier alpha value is -4.18. The molecule has 5 aromatic carbocycles. The van der Waals surface area contributed by atoms with Gasteiger partial charge in [-0.25, -0.2) is 4.39 Å². The zero-order valence-corrected chi connectivity index (χ0v) is 17.8. The number of benzene rings is 5. The highest BCUT2D eigenvalue weighted by Gasteiger charge is 2.57. The fourth-order valence-corrected chi connectivity index (χ4v) is 5.64. The van der Waals surface area contributed by atoms with E-state index in [9.17, 15) is 9.18 Å². The number of hydrogen-bond acceptors (Lipinski definition) is 2. The van der Waals surface area contributed by atoms with Crippen molar-refractivity contribution >= 4 is 33.1 Å². The molecule has 0 fully saturated rings. The van der Waals surface area contributed by atoms with Gasteiger partial charge in [0.15, 0.2) is 0 Å². The summed E-state index contributed by atoms with van der Waals surface area (Å²) in [6.45, 7) is 0. The average Bonchev–Trinajstić information content (AvgIpc) is 3.06. The molecule has 158 valence electrons. The van der Waals surface area contributed by atoms with E-state index in [0.717, 1.165) is 32.7 Å². The number of amides is 1. The van der Waals surface area contributed by atoms with Crippen LogP contribution in [0.25, 0.3) is 21.5 Å². The second kappa shape index (κ2) is 6.20. The van der Waals surface area contributed by atoms with Crippen LogP contribution >= 0.6 is 0 Å². The molecule has 3 nitrogen and oxygen atoms in total. The van der Waals surface area contributed by atoms with Crippen LogP contribution in [0.2, 0.25) is 0 Å². The Morgan fingerprint density at radius 3 is 1.91 bits per heavy atom. The van der Waals surface area contributed by atoms with Gasteiger partial charge in [-0.2, -0.15) is 0 Å². The molecule has 0 N–H and O–H groups in total. The summed E-state index contributed by atoms with van der Waals surface area (Å²) in [6, 6.07) is 28.5. The van der Waals surface area contributed by atoms with Crippen LogP contribution in [0.3, 0.4) is 0 Å². The van der Waals surface area contributed by atoms with E-state index >= 15 is 0 Å². The Kier molecular flexibility index (Phi) is 3.46. The standard InChI is InChI=1S/C29H18FNO2/c1-31-25-15-12-19(30)16-24(25)29(28(31)32)22-13-10-17-6-2-4-8-20(17)26(22)33-27-21-9-5-3-7-18(21)11-14-23(27)29/h2-16H,1H3.